The third-order valence-electron chi connectivity index (χ3n) is 4.87. The Morgan fingerprint density at radius 2 is 1.78 bits per heavy atom. The van der Waals surface area contributed by atoms with E-state index in [1.54, 1.807) is 0 Å². The Labute approximate surface area is 161 Å². The molecule has 1 atom stereocenters. The lowest BCUT2D eigenvalue weighted by atomic mass is 9.94. The Bertz CT molecular complexity index is 728. The van der Waals surface area contributed by atoms with Gasteiger partial charge in [0.25, 0.3) is 0 Å². The maximum atomic E-state index is 12.6. The average molecular weight is 370 g/mol. The summed E-state index contributed by atoms with van der Waals surface area (Å²) in [6.45, 7) is 7.59. The third kappa shape index (κ3) is 5.31. The van der Waals surface area contributed by atoms with Crippen LogP contribution in [-0.2, 0) is 11.2 Å². The summed E-state index contributed by atoms with van der Waals surface area (Å²) >= 11 is 0. The molecule has 1 aliphatic rings. The third-order valence-corrected chi connectivity index (χ3v) is 4.87. The summed E-state index contributed by atoms with van der Waals surface area (Å²) in [5.74, 6) is 0.439. The molecule has 0 aliphatic carbocycles. The van der Waals surface area contributed by atoms with E-state index in [2.05, 4.69) is 20.4 Å². The molecule has 2 aromatic rings. The van der Waals surface area contributed by atoms with E-state index >= 15 is 0 Å². The summed E-state index contributed by atoms with van der Waals surface area (Å²) in [6.07, 6.45) is 5.40. The first-order valence-electron chi connectivity index (χ1n) is 9.87. The first-order chi connectivity index (χ1) is 12.9. The van der Waals surface area contributed by atoms with Gasteiger partial charge in [0.15, 0.2) is 0 Å². The minimum absolute atomic E-state index is 0.0297. The molecule has 1 saturated heterocycles. The molecule has 0 radical (unpaired) electrons. The Hall–Kier alpha value is -2.37. The second-order valence-electron chi connectivity index (χ2n) is 8.29. The second-order valence-corrected chi connectivity index (χ2v) is 8.29. The predicted octanol–water partition coefficient (Wildman–Crippen LogP) is 3.90. The highest BCUT2D eigenvalue weighted by molar-refractivity contribution is 5.81. The maximum Gasteiger partial charge on any atom is 0.318 e. The Kier molecular flexibility index (Phi) is 6.14. The smallest absolute Gasteiger partial charge is 0.318 e. The van der Waals surface area contributed by atoms with Crippen LogP contribution in [-0.4, -0.2) is 29.2 Å². The van der Waals surface area contributed by atoms with Crippen molar-refractivity contribution in [1.29, 1.82) is 0 Å². The molecule has 0 bridgehead atoms. The molecule has 2 heterocycles. The predicted molar refractivity (Wildman–Crippen MR) is 105 cm³/mol. The lowest BCUT2D eigenvalue weighted by Crippen LogP contribution is -2.38. The van der Waals surface area contributed by atoms with Crippen LogP contribution in [0.15, 0.2) is 34.7 Å². The number of rotatable bonds is 5. The van der Waals surface area contributed by atoms with E-state index in [0.717, 1.165) is 31.5 Å². The number of carbonyl (C=O) groups is 1. The van der Waals surface area contributed by atoms with Crippen molar-refractivity contribution >= 4 is 11.9 Å². The van der Waals surface area contributed by atoms with Gasteiger partial charge < -0.3 is 14.6 Å². The quantitative estimate of drug-likeness (QED) is 0.864. The highest BCUT2D eigenvalue weighted by Gasteiger charge is 2.28. The fourth-order valence-corrected chi connectivity index (χ4v) is 3.18. The normalized spacial score (nSPS) is 16.6. The van der Waals surface area contributed by atoms with Crippen molar-refractivity contribution in [1.82, 2.24) is 15.5 Å². The molecular weight excluding hydrogens is 340 g/mol. The molecule has 1 N–H and O–H groups in total. The zero-order valence-corrected chi connectivity index (χ0v) is 16.6. The lowest BCUT2D eigenvalue weighted by molar-refractivity contribution is -0.129. The van der Waals surface area contributed by atoms with Gasteiger partial charge in [-0.2, -0.15) is 0 Å². The van der Waals surface area contributed by atoms with Crippen molar-refractivity contribution in [2.75, 3.05) is 18.0 Å². The number of nitrogens with one attached hydrogen (secondary N) is 1. The Morgan fingerprint density at radius 1 is 1.11 bits per heavy atom. The molecule has 1 aromatic carbocycles. The van der Waals surface area contributed by atoms with Crippen molar-refractivity contribution in [2.24, 2.45) is 5.41 Å². The van der Waals surface area contributed by atoms with Gasteiger partial charge in [-0.25, -0.2) is 0 Å². The molecule has 27 heavy (non-hydrogen) atoms. The van der Waals surface area contributed by atoms with E-state index in [4.69, 9.17) is 4.42 Å². The van der Waals surface area contributed by atoms with E-state index in [0.29, 0.717) is 18.3 Å². The number of benzene rings is 1. The number of aromatic nitrogens is 2. The van der Waals surface area contributed by atoms with Gasteiger partial charge >= 0.3 is 6.01 Å². The summed E-state index contributed by atoms with van der Waals surface area (Å²) in [6, 6.07) is 10.3. The van der Waals surface area contributed by atoms with Crippen LogP contribution in [0.3, 0.4) is 0 Å². The number of amides is 1. The van der Waals surface area contributed by atoms with Crippen LogP contribution in [0, 0.1) is 5.41 Å². The molecule has 0 saturated carbocycles. The Morgan fingerprint density at radius 3 is 2.41 bits per heavy atom. The Balaban J connectivity index is 1.80. The van der Waals surface area contributed by atoms with E-state index in [-0.39, 0.29) is 11.9 Å². The van der Waals surface area contributed by atoms with Gasteiger partial charge in [-0.1, -0.05) is 69.0 Å². The van der Waals surface area contributed by atoms with Crippen LogP contribution >= 0.6 is 0 Å². The monoisotopic (exact) mass is 370 g/mol. The topological polar surface area (TPSA) is 71.3 Å². The lowest BCUT2D eigenvalue weighted by Gasteiger charge is -2.22. The van der Waals surface area contributed by atoms with Crippen molar-refractivity contribution in [2.45, 2.75) is 58.9 Å². The molecule has 146 valence electrons. The molecule has 6 heteroatoms. The van der Waals surface area contributed by atoms with Crippen molar-refractivity contribution in [3.05, 3.63) is 41.8 Å². The fraction of sp³-hybridized carbons (Fsp3) is 0.571. The highest BCUT2D eigenvalue weighted by atomic mass is 16.4. The molecule has 0 spiro atoms. The van der Waals surface area contributed by atoms with E-state index in [9.17, 15) is 4.79 Å². The minimum Gasteiger partial charge on any atom is -0.406 e. The fourth-order valence-electron chi connectivity index (χ4n) is 3.18. The van der Waals surface area contributed by atoms with Crippen LogP contribution in [0.1, 0.15) is 64.0 Å². The average Bonchev–Trinajstić information content (AvgIpc) is 2.97. The van der Waals surface area contributed by atoms with Crippen LogP contribution < -0.4 is 10.2 Å². The summed E-state index contributed by atoms with van der Waals surface area (Å²) in [5, 5.41) is 11.6. The molecule has 1 aromatic heterocycles. The maximum absolute atomic E-state index is 12.6. The number of carbonyl (C=O) groups excluding carboxylic acids is 1. The summed E-state index contributed by atoms with van der Waals surface area (Å²) < 4.78 is 6.02. The van der Waals surface area contributed by atoms with Gasteiger partial charge in [-0.15, -0.1) is 5.10 Å². The van der Waals surface area contributed by atoms with Crippen molar-refractivity contribution in [3.8, 4) is 0 Å². The van der Waals surface area contributed by atoms with Gasteiger partial charge in [0.2, 0.25) is 11.8 Å². The molecule has 3 rings (SSSR count). The van der Waals surface area contributed by atoms with Crippen LogP contribution in [0.2, 0.25) is 0 Å². The van der Waals surface area contributed by atoms with Gasteiger partial charge in [0.05, 0.1) is 0 Å². The van der Waals surface area contributed by atoms with E-state index in [1.807, 2.05) is 51.1 Å². The summed E-state index contributed by atoms with van der Waals surface area (Å²) in [5.41, 5.74) is 0.633. The zero-order valence-electron chi connectivity index (χ0n) is 16.6. The summed E-state index contributed by atoms with van der Waals surface area (Å²) in [4.78, 5) is 14.7. The van der Waals surface area contributed by atoms with Crippen LogP contribution in [0.4, 0.5) is 6.01 Å². The van der Waals surface area contributed by atoms with Crippen molar-refractivity contribution < 1.29 is 9.21 Å². The molecule has 1 amide bonds. The molecule has 1 fully saturated rings. The van der Waals surface area contributed by atoms with E-state index < -0.39 is 5.41 Å². The first kappa shape index (κ1) is 19.4. The van der Waals surface area contributed by atoms with E-state index in [1.165, 1.54) is 12.8 Å². The number of nitrogens with zero attached hydrogens (tertiary/aromatic N) is 3. The number of hydrogen-bond donors (Lipinski definition) is 1. The number of hydrogen-bond acceptors (Lipinski definition) is 5. The SMILES string of the molecule is CC(C)(C)C(=O)N[C@H](Cc1ccccc1)c1nnc(N2CCCCCC2)o1. The van der Waals surface area contributed by atoms with Crippen molar-refractivity contribution in [3.63, 3.8) is 0 Å². The largest absolute Gasteiger partial charge is 0.406 e. The molecule has 6 nitrogen and oxygen atoms in total. The van der Waals surface area contributed by atoms with Gasteiger partial charge in [-0.05, 0) is 18.4 Å². The second kappa shape index (κ2) is 8.55. The highest BCUT2D eigenvalue weighted by Crippen LogP contribution is 2.24. The molecule has 0 unspecified atom stereocenters. The first-order valence-corrected chi connectivity index (χ1v) is 9.87. The van der Waals surface area contributed by atoms with Crippen LogP contribution in [0.25, 0.3) is 0 Å². The van der Waals surface area contributed by atoms with Gasteiger partial charge in [0, 0.05) is 24.9 Å². The van der Waals surface area contributed by atoms with Gasteiger partial charge in [-0.3, -0.25) is 4.79 Å². The standard InChI is InChI=1S/C21H30N4O2/c1-21(2,3)19(26)22-17(15-16-11-7-6-8-12-16)18-23-24-20(27-18)25-13-9-4-5-10-14-25/h6-8,11-12,17H,4-5,9-10,13-15H2,1-3H3,(H,22,26)/t17-/m1/s1. The van der Waals surface area contributed by atoms with Crippen LogP contribution in [0.5, 0.6) is 0 Å². The molecule has 1 aliphatic heterocycles. The van der Waals surface area contributed by atoms with Gasteiger partial charge in [0.1, 0.15) is 6.04 Å². The number of anilines is 1. The molecular formula is C21H30N4O2. The zero-order chi connectivity index (χ0) is 19.3. The minimum atomic E-state index is -0.484. The summed E-state index contributed by atoms with van der Waals surface area (Å²) in [7, 11) is 0.